The van der Waals surface area contributed by atoms with Crippen LogP contribution in [0.5, 0.6) is 0 Å². The summed E-state index contributed by atoms with van der Waals surface area (Å²) < 4.78 is 91.9. The van der Waals surface area contributed by atoms with Crippen molar-refractivity contribution in [1.82, 2.24) is 19.7 Å². The van der Waals surface area contributed by atoms with Crippen molar-refractivity contribution in [2.75, 3.05) is 39.3 Å². The number of nitrogens with zero attached hydrogens (tertiary/aromatic N) is 3. The lowest BCUT2D eigenvalue weighted by molar-refractivity contribution is -0.318. The second-order valence-corrected chi connectivity index (χ2v) is 13.8. The van der Waals surface area contributed by atoms with Gasteiger partial charge in [-0.1, -0.05) is 66.7 Å². The number of nitrogens with one attached hydrogen (secondary N) is 1. The molecule has 54 heavy (non-hydrogen) atoms. The number of alkyl halides is 6. The number of esters is 2. The van der Waals surface area contributed by atoms with Gasteiger partial charge in [0.15, 0.2) is 0 Å². The molecular formula is C39H40F6N4O5. The van der Waals surface area contributed by atoms with Crippen molar-refractivity contribution in [3.8, 4) is 0 Å². The smallest absolute Gasteiger partial charge is 0.395 e. The van der Waals surface area contributed by atoms with Gasteiger partial charge in [0, 0.05) is 42.6 Å². The number of carbonyl (C=O) groups excluding carboxylic acids is 3. The third-order valence-electron chi connectivity index (χ3n) is 10.2. The van der Waals surface area contributed by atoms with Crippen LogP contribution in [-0.2, 0) is 32.0 Å². The molecule has 0 saturated carbocycles. The molecule has 0 spiro atoms. The van der Waals surface area contributed by atoms with E-state index in [-0.39, 0.29) is 25.3 Å². The Balaban J connectivity index is 1.34. The lowest BCUT2D eigenvalue weighted by Gasteiger charge is -2.47. The SMILES string of the molecule is Cc1cccc(C)c1C1CCN(Cc2c(C(=O)N3CCN(CCc4ccccc4)CC3(OC(=O)C(F)(F)F)OC(=O)C(F)(F)F)[nH]c3ccccc23)CC1. The van der Waals surface area contributed by atoms with Crippen molar-refractivity contribution in [3.05, 3.63) is 106 Å². The first-order chi connectivity index (χ1) is 25.6. The molecule has 0 radical (unpaired) electrons. The maximum Gasteiger partial charge on any atom is 0.491 e. The molecule has 0 aliphatic carbocycles. The molecule has 2 fully saturated rings. The molecule has 2 saturated heterocycles. The zero-order chi connectivity index (χ0) is 38.8. The van der Waals surface area contributed by atoms with E-state index in [1.165, 1.54) is 21.6 Å². The molecule has 0 unspecified atom stereocenters. The van der Waals surface area contributed by atoms with Crippen LogP contribution >= 0.6 is 0 Å². The normalized spacial score (nSPS) is 17.4. The molecule has 1 N–H and O–H groups in total. The summed E-state index contributed by atoms with van der Waals surface area (Å²) in [7, 11) is 0. The lowest BCUT2D eigenvalue weighted by Crippen LogP contribution is -2.69. The van der Waals surface area contributed by atoms with Gasteiger partial charge in [0.2, 0.25) is 0 Å². The number of fused-ring (bicyclic) bond motifs is 1. The number of aromatic amines is 1. The number of amides is 1. The first-order valence-corrected chi connectivity index (χ1v) is 17.6. The van der Waals surface area contributed by atoms with Crippen LogP contribution in [0, 0.1) is 13.8 Å². The maximum absolute atomic E-state index is 14.6. The van der Waals surface area contributed by atoms with Crippen LogP contribution in [0.1, 0.15) is 57.1 Å². The summed E-state index contributed by atoms with van der Waals surface area (Å²) in [6.07, 6.45) is -9.45. The van der Waals surface area contributed by atoms with Gasteiger partial charge in [0.05, 0.1) is 6.54 Å². The number of likely N-dealkylation sites (tertiary alicyclic amines) is 1. The number of halogens is 6. The number of ether oxygens (including phenoxy) is 2. The van der Waals surface area contributed by atoms with Crippen molar-refractivity contribution in [3.63, 3.8) is 0 Å². The lowest BCUT2D eigenvalue weighted by atomic mass is 9.84. The average Bonchev–Trinajstić information content (AvgIpc) is 3.49. The number of piperazine rings is 1. The molecular weight excluding hydrogens is 718 g/mol. The minimum Gasteiger partial charge on any atom is -0.395 e. The van der Waals surface area contributed by atoms with E-state index in [2.05, 4.69) is 35.9 Å². The number of H-pyrrole nitrogens is 1. The number of benzene rings is 3. The predicted octanol–water partition coefficient (Wildman–Crippen LogP) is 7.03. The highest BCUT2D eigenvalue weighted by atomic mass is 19.4. The summed E-state index contributed by atoms with van der Waals surface area (Å²) in [5, 5.41) is 0.615. The van der Waals surface area contributed by atoms with E-state index in [1.54, 1.807) is 54.6 Å². The molecule has 2 aliphatic rings. The predicted molar refractivity (Wildman–Crippen MR) is 186 cm³/mol. The molecule has 15 heteroatoms. The van der Waals surface area contributed by atoms with Gasteiger partial charge in [0.25, 0.3) is 5.91 Å². The minimum absolute atomic E-state index is 0.0468. The fourth-order valence-corrected chi connectivity index (χ4v) is 7.60. The van der Waals surface area contributed by atoms with E-state index in [1.807, 2.05) is 6.07 Å². The summed E-state index contributed by atoms with van der Waals surface area (Å²) in [6.45, 7) is 4.20. The van der Waals surface area contributed by atoms with Gasteiger partial charge in [-0.3, -0.25) is 19.5 Å². The molecule has 0 bridgehead atoms. The maximum atomic E-state index is 14.6. The first-order valence-electron chi connectivity index (χ1n) is 17.6. The highest BCUT2D eigenvalue weighted by molar-refractivity contribution is 6.01. The number of hydrogen-bond donors (Lipinski definition) is 1. The Morgan fingerprint density at radius 2 is 1.35 bits per heavy atom. The number of aryl methyl sites for hydroxylation is 2. The van der Waals surface area contributed by atoms with E-state index < -0.39 is 49.2 Å². The van der Waals surface area contributed by atoms with Crippen molar-refractivity contribution < 1.29 is 50.2 Å². The van der Waals surface area contributed by atoms with Crippen molar-refractivity contribution >= 4 is 28.7 Å². The first kappa shape index (κ1) is 38.8. The third-order valence-corrected chi connectivity index (χ3v) is 10.2. The average molecular weight is 759 g/mol. The fourth-order valence-electron chi connectivity index (χ4n) is 7.60. The molecule has 288 valence electrons. The zero-order valence-electron chi connectivity index (χ0n) is 29.7. The second kappa shape index (κ2) is 15.5. The van der Waals surface area contributed by atoms with Gasteiger partial charge < -0.3 is 14.5 Å². The van der Waals surface area contributed by atoms with Crippen LogP contribution in [0.25, 0.3) is 10.9 Å². The summed E-state index contributed by atoms with van der Waals surface area (Å²) in [6, 6.07) is 21.9. The molecule has 1 aromatic heterocycles. The van der Waals surface area contributed by atoms with Crippen LogP contribution in [0.15, 0.2) is 72.8 Å². The van der Waals surface area contributed by atoms with Crippen LogP contribution < -0.4 is 0 Å². The van der Waals surface area contributed by atoms with Gasteiger partial charge in [-0.25, -0.2) is 9.59 Å². The number of hydrogen-bond acceptors (Lipinski definition) is 7. The Hall–Kier alpha value is -4.89. The quantitative estimate of drug-likeness (QED) is 0.111. The van der Waals surface area contributed by atoms with Crippen molar-refractivity contribution in [2.45, 2.75) is 63.8 Å². The van der Waals surface area contributed by atoms with Crippen LogP contribution in [0.2, 0.25) is 0 Å². The standard InChI is InChI=1S/C39H40F6N4O5/c1-25-9-8-10-26(2)32(25)28-16-19-47(20-17-28)23-30-29-13-6-7-14-31(29)46-33(30)34(50)49-22-21-48(18-15-27-11-4-3-5-12-27)24-37(49,53-35(51)38(40,41)42)54-36(52)39(43,44)45/h3-14,28,46H,15-24H2,1-2H3. The Morgan fingerprint density at radius 3 is 1.96 bits per heavy atom. The van der Waals surface area contributed by atoms with Crippen molar-refractivity contribution in [2.24, 2.45) is 0 Å². The zero-order valence-corrected chi connectivity index (χ0v) is 29.7. The molecule has 2 aliphatic heterocycles. The largest absolute Gasteiger partial charge is 0.491 e. The number of aromatic nitrogens is 1. The Labute approximate surface area is 307 Å². The molecule has 9 nitrogen and oxygen atoms in total. The van der Waals surface area contributed by atoms with Gasteiger partial charge in [-0.2, -0.15) is 26.3 Å². The number of para-hydroxylation sites is 1. The Morgan fingerprint density at radius 1 is 0.759 bits per heavy atom. The van der Waals surface area contributed by atoms with Gasteiger partial charge in [0.1, 0.15) is 5.69 Å². The molecule has 3 heterocycles. The van der Waals surface area contributed by atoms with E-state index in [4.69, 9.17) is 9.47 Å². The number of piperidine rings is 1. The second-order valence-electron chi connectivity index (χ2n) is 13.8. The van der Waals surface area contributed by atoms with E-state index in [0.29, 0.717) is 46.8 Å². The summed E-state index contributed by atoms with van der Waals surface area (Å²) in [5.74, 6) is -10.1. The van der Waals surface area contributed by atoms with Gasteiger partial charge in [-0.05, 0) is 80.4 Å². The van der Waals surface area contributed by atoms with Crippen LogP contribution in [-0.4, -0.2) is 95.1 Å². The van der Waals surface area contributed by atoms with Crippen LogP contribution in [0.4, 0.5) is 26.3 Å². The molecule has 6 rings (SSSR count). The van der Waals surface area contributed by atoms with Gasteiger partial charge >= 0.3 is 30.2 Å². The summed E-state index contributed by atoms with van der Waals surface area (Å²) in [5.41, 5.74) is 5.33. The third kappa shape index (κ3) is 8.41. The molecule has 4 aromatic rings. The molecule has 0 atom stereocenters. The number of carbonyl (C=O) groups is 3. The fraction of sp³-hybridized carbons (Fsp3) is 0.410. The highest BCUT2D eigenvalue weighted by Crippen LogP contribution is 2.37. The molecule has 1 amide bonds. The minimum atomic E-state index is -5.70. The topological polar surface area (TPSA) is 95.2 Å². The highest BCUT2D eigenvalue weighted by Gasteiger charge is 2.59. The number of rotatable bonds is 9. The Bertz CT molecular complexity index is 1940. The summed E-state index contributed by atoms with van der Waals surface area (Å²) >= 11 is 0. The Kier molecular flexibility index (Phi) is 11.1. The summed E-state index contributed by atoms with van der Waals surface area (Å²) in [4.78, 5) is 46.5. The van der Waals surface area contributed by atoms with E-state index >= 15 is 0 Å². The van der Waals surface area contributed by atoms with E-state index in [0.717, 1.165) is 18.4 Å². The van der Waals surface area contributed by atoms with Crippen molar-refractivity contribution in [1.29, 1.82) is 0 Å². The monoisotopic (exact) mass is 758 g/mol. The van der Waals surface area contributed by atoms with Gasteiger partial charge in [-0.15, -0.1) is 0 Å². The molecule has 3 aromatic carbocycles. The van der Waals surface area contributed by atoms with Crippen LogP contribution in [0.3, 0.4) is 0 Å². The van der Waals surface area contributed by atoms with E-state index in [9.17, 15) is 40.7 Å².